The van der Waals surface area contributed by atoms with Crippen molar-refractivity contribution in [3.63, 3.8) is 0 Å². The first-order chi connectivity index (χ1) is 14.2. The number of rotatable bonds is 4. The zero-order valence-electron chi connectivity index (χ0n) is 16.3. The van der Waals surface area contributed by atoms with Crippen LogP contribution in [0.25, 0.3) is 21.5 Å². The van der Waals surface area contributed by atoms with Crippen molar-refractivity contribution in [2.24, 2.45) is 7.05 Å². The van der Waals surface area contributed by atoms with Gasteiger partial charge in [-0.15, -0.1) is 0 Å². The fraction of sp³-hybridized carbons (Fsp3) is 0.300. The monoisotopic (exact) mass is 407 g/mol. The van der Waals surface area contributed by atoms with Crippen molar-refractivity contribution in [2.45, 2.75) is 0 Å². The third-order valence-corrected chi connectivity index (χ3v) is 6.16. The van der Waals surface area contributed by atoms with Crippen molar-refractivity contribution in [3.05, 3.63) is 43.0 Å². The van der Waals surface area contributed by atoms with Crippen LogP contribution in [0.1, 0.15) is 0 Å². The summed E-state index contributed by atoms with van der Waals surface area (Å²) in [6.07, 6.45) is 7.38. The average Bonchev–Trinajstić information content (AvgIpc) is 3.39. The first-order valence-corrected chi connectivity index (χ1v) is 10.3. The van der Waals surface area contributed by atoms with Crippen LogP contribution in [-0.4, -0.2) is 58.0 Å². The Morgan fingerprint density at radius 3 is 2.59 bits per heavy atom. The molecule has 0 saturated carbocycles. The van der Waals surface area contributed by atoms with E-state index in [1.165, 1.54) is 0 Å². The number of fused-ring (bicyclic) bond motifs is 1. The molecule has 0 amide bonds. The van der Waals surface area contributed by atoms with Gasteiger partial charge in [0.25, 0.3) is 0 Å². The SMILES string of the molecule is COc1ccc2nc(N3CCN(c4cncc(-c5cnn(C)c5)n4)CC3)sc2c1. The number of hydrogen-bond donors (Lipinski definition) is 0. The van der Waals surface area contributed by atoms with Crippen molar-refractivity contribution in [2.75, 3.05) is 43.1 Å². The lowest BCUT2D eigenvalue weighted by molar-refractivity contribution is 0.415. The lowest BCUT2D eigenvalue weighted by Gasteiger charge is -2.35. The Hall–Kier alpha value is -3.20. The molecular formula is C20H21N7OS. The minimum Gasteiger partial charge on any atom is -0.497 e. The number of thiazole rings is 1. The second-order valence-corrected chi connectivity index (χ2v) is 7.98. The van der Waals surface area contributed by atoms with E-state index in [4.69, 9.17) is 14.7 Å². The lowest BCUT2D eigenvalue weighted by Crippen LogP contribution is -2.46. The van der Waals surface area contributed by atoms with E-state index in [0.717, 1.165) is 64.4 Å². The van der Waals surface area contributed by atoms with E-state index in [2.05, 4.69) is 19.9 Å². The van der Waals surface area contributed by atoms with Crippen molar-refractivity contribution in [3.8, 4) is 17.0 Å². The molecule has 148 valence electrons. The molecule has 0 spiro atoms. The Kier molecular flexibility index (Phi) is 4.51. The molecule has 29 heavy (non-hydrogen) atoms. The Balaban J connectivity index is 1.30. The van der Waals surface area contributed by atoms with Gasteiger partial charge in [-0.25, -0.2) is 9.97 Å². The fourth-order valence-corrected chi connectivity index (χ4v) is 4.53. The van der Waals surface area contributed by atoms with E-state index in [1.807, 2.05) is 43.8 Å². The molecule has 0 atom stereocenters. The fourth-order valence-electron chi connectivity index (χ4n) is 3.48. The maximum atomic E-state index is 5.32. The third kappa shape index (κ3) is 3.49. The second-order valence-electron chi connectivity index (χ2n) is 6.97. The molecule has 1 aromatic carbocycles. The van der Waals surface area contributed by atoms with Gasteiger partial charge in [-0.2, -0.15) is 5.10 Å². The van der Waals surface area contributed by atoms with Gasteiger partial charge in [0.1, 0.15) is 11.6 Å². The topological polar surface area (TPSA) is 72.2 Å². The molecule has 9 heteroatoms. The predicted molar refractivity (Wildman–Crippen MR) is 115 cm³/mol. The van der Waals surface area contributed by atoms with Gasteiger partial charge in [0.05, 0.1) is 41.6 Å². The largest absolute Gasteiger partial charge is 0.497 e. The number of piperazine rings is 1. The number of nitrogens with zero attached hydrogens (tertiary/aromatic N) is 7. The van der Waals surface area contributed by atoms with Gasteiger partial charge in [-0.1, -0.05) is 11.3 Å². The molecule has 1 aliphatic rings. The molecule has 1 saturated heterocycles. The summed E-state index contributed by atoms with van der Waals surface area (Å²) in [7, 11) is 3.59. The van der Waals surface area contributed by atoms with Crippen molar-refractivity contribution in [1.29, 1.82) is 0 Å². The third-order valence-electron chi connectivity index (χ3n) is 5.08. The van der Waals surface area contributed by atoms with E-state index in [1.54, 1.807) is 29.3 Å². The second kappa shape index (κ2) is 7.32. The first kappa shape index (κ1) is 17.9. The van der Waals surface area contributed by atoms with Crippen LogP contribution in [0.2, 0.25) is 0 Å². The maximum absolute atomic E-state index is 5.32. The molecule has 0 N–H and O–H groups in total. The van der Waals surface area contributed by atoms with E-state index >= 15 is 0 Å². The molecule has 5 rings (SSSR count). The Morgan fingerprint density at radius 1 is 1.00 bits per heavy atom. The highest BCUT2D eigenvalue weighted by molar-refractivity contribution is 7.22. The Bertz CT molecular complexity index is 1150. The molecule has 0 aliphatic carbocycles. The molecule has 8 nitrogen and oxygen atoms in total. The quantitative estimate of drug-likeness (QED) is 0.515. The van der Waals surface area contributed by atoms with Gasteiger partial charge in [0.2, 0.25) is 0 Å². The van der Waals surface area contributed by atoms with E-state index in [0.29, 0.717) is 0 Å². The van der Waals surface area contributed by atoms with Crippen LogP contribution in [0, 0.1) is 0 Å². The summed E-state index contributed by atoms with van der Waals surface area (Å²) in [4.78, 5) is 18.6. The molecular weight excluding hydrogens is 386 g/mol. The summed E-state index contributed by atoms with van der Waals surface area (Å²) >= 11 is 1.71. The number of aryl methyl sites for hydroxylation is 1. The van der Waals surface area contributed by atoms with Crippen LogP contribution in [0.5, 0.6) is 5.75 Å². The van der Waals surface area contributed by atoms with Crippen LogP contribution in [0.3, 0.4) is 0 Å². The molecule has 1 fully saturated rings. The molecule has 4 heterocycles. The van der Waals surface area contributed by atoms with Gasteiger partial charge in [-0.3, -0.25) is 9.67 Å². The van der Waals surface area contributed by atoms with Crippen molar-refractivity contribution in [1.82, 2.24) is 24.7 Å². The number of hydrogen-bond acceptors (Lipinski definition) is 8. The highest BCUT2D eigenvalue weighted by Gasteiger charge is 2.21. The molecule has 1 aliphatic heterocycles. The van der Waals surface area contributed by atoms with Crippen LogP contribution in [0.15, 0.2) is 43.0 Å². The maximum Gasteiger partial charge on any atom is 0.186 e. The summed E-state index contributed by atoms with van der Waals surface area (Å²) in [6.45, 7) is 3.56. The minimum atomic E-state index is 0.846. The highest BCUT2D eigenvalue weighted by atomic mass is 32.1. The normalized spacial score (nSPS) is 14.6. The predicted octanol–water partition coefficient (Wildman–Crippen LogP) is 2.82. The highest BCUT2D eigenvalue weighted by Crippen LogP contribution is 2.32. The Morgan fingerprint density at radius 2 is 1.83 bits per heavy atom. The standard InChI is InChI=1S/C20H21N7OS/c1-25-13-14(10-22-25)17-11-21-12-19(23-17)26-5-7-27(8-6-26)20-24-16-4-3-15(28-2)9-18(16)29-20/h3-4,9-13H,5-8H2,1-2H3. The van der Waals surface area contributed by atoms with Gasteiger partial charge < -0.3 is 14.5 Å². The summed E-state index contributed by atoms with van der Waals surface area (Å²) < 4.78 is 8.25. The van der Waals surface area contributed by atoms with Gasteiger partial charge in [0, 0.05) is 45.0 Å². The van der Waals surface area contributed by atoms with Crippen LogP contribution < -0.4 is 14.5 Å². The number of benzene rings is 1. The van der Waals surface area contributed by atoms with Crippen molar-refractivity contribution < 1.29 is 4.74 Å². The Labute approximate surface area is 172 Å². The van der Waals surface area contributed by atoms with Crippen LogP contribution in [-0.2, 0) is 7.05 Å². The number of methoxy groups -OCH3 is 1. The molecule has 4 aromatic rings. The average molecular weight is 408 g/mol. The van der Waals surface area contributed by atoms with Gasteiger partial charge >= 0.3 is 0 Å². The molecule has 0 unspecified atom stereocenters. The lowest BCUT2D eigenvalue weighted by atomic mass is 10.2. The number of ether oxygens (including phenoxy) is 1. The zero-order valence-corrected chi connectivity index (χ0v) is 17.1. The van der Waals surface area contributed by atoms with Crippen LogP contribution >= 0.6 is 11.3 Å². The molecule has 0 radical (unpaired) electrons. The van der Waals surface area contributed by atoms with E-state index in [-0.39, 0.29) is 0 Å². The molecule has 0 bridgehead atoms. The summed E-state index contributed by atoms with van der Waals surface area (Å²) in [5, 5.41) is 5.28. The smallest absolute Gasteiger partial charge is 0.186 e. The van der Waals surface area contributed by atoms with Gasteiger partial charge in [0.15, 0.2) is 5.13 Å². The summed E-state index contributed by atoms with van der Waals surface area (Å²) in [5.41, 5.74) is 2.84. The number of anilines is 2. The van der Waals surface area contributed by atoms with E-state index < -0.39 is 0 Å². The number of aromatic nitrogens is 5. The summed E-state index contributed by atoms with van der Waals surface area (Å²) in [6, 6.07) is 6.02. The zero-order chi connectivity index (χ0) is 19.8. The van der Waals surface area contributed by atoms with E-state index in [9.17, 15) is 0 Å². The van der Waals surface area contributed by atoms with Crippen LogP contribution in [0.4, 0.5) is 10.9 Å². The van der Waals surface area contributed by atoms with Gasteiger partial charge in [-0.05, 0) is 18.2 Å². The minimum absolute atomic E-state index is 0.846. The first-order valence-electron chi connectivity index (χ1n) is 9.45. The van der Waals surface area contributed by atoms with Crippen molar-refractivity contribution >= 4 is 32.5 Å². The molecule has 3 aromatic heterocycles. The summed E-state index contributed by atoms with van der Waals surface area (Å²) in [5.74, 6) is 1.77.